The molecule has 0 aliphatic rings. The summed E-state index contributed by atoms with van der Waals surface area (Å²) in [4.78, 5) is 11.4. The van der Waals surface area contributed by atoms with E-state index in [1.165, 1.54) is 26.4 Å². The molecule has 8 heteroatoms. The smallest absolute Gasteiger partial charge is 0.305 e. The van der Waals surface area contributed by atoms with E-state index in [0.29, 0.717) is 17.1 Å². The molecule has 152 valence electrons. The number of aryl methyl sites for hydroxylation is 1. The molecule has 2 rings (SSSR count). The predicted octanol–water partition coefficient (Wildman–Crippen LogP) is 3.15. The summed E-state index contributed by atoms with van der Waals surface area (Å²) in [5, 5.41) is 9.24. The number of hydrogen-bond donors (Lipinski definition) is 2. The second-order valence-corrected chi connectivity index (χ2v) is 7.99. The number of benzene rings is 2. The van der Waals surface area contributed by atoms with Crippen molar-refractivity contribution in [1.29, 1.82) is 0 Å². The summed E-state index contributed by atoms with van der Waals surface area (Å²) in [6.45, 7) is 2.05. The fourth-order valence-corrected chi connectivity index (χ4v) is 4.08. The number of nitrogens with one attached hydrogen (secondary N) is 1. The molecule has 28 heavy (non-hydrogen) atoms. The molecule has 0 radical (unpaired) electrons. The van der Waals surface area contributed by atoms with Gasteiger partial charge in [-0.05, 0) is 41.8 Å². The molecule has 0 amide bonds. The molecular formula is C20H25NO6S. The molecule has 0 aromatic heterocycles. The highest BCUT2D eigenvalue weighted by atomic mass is 32.2. The van der Waals surface area contributed by atoms with Crippen LogP contribution in [0.2, 0.25) is 0 Å². The average molecular weight is 407 g/mol. The SMILES string of the molecule is CCCc1ccc(S(=O)(=O)N[C@H](CC(=O)O)c2ccc(OC)c(OC)c2)cc1. The summed E-state index contributed by atoms with van der Waals surface area (Å²) in [5.74, 6) is -0.269. The van der Waals surface area contributed by atoms with Crippen molar-refractivity contribution in [2.75, 3.05) is 14.2 Å². The van der Waals surface area contributed by atoms with Crippen LogP contribution in [-0.2, 0) is 21.2 Å². The second-order valence-electron chi connectivity index (χ2n) is 6.28. The van der Waals surface area contributed by atoms with Crippen LogP contribution in [0.25, 0.3) is 0 Å². The third-order valence-electron chi connectivity index (χ3n) is 4.26. The highest BCUT2D eigenvalue weighted by molar-refractivity contribution is 7.89. The Bertz CT molecular complexity index is 909. The van der Waals surface area contributed by atoms with Crippen LogP contribution in [-0.4, -0.2) is 33.7 Å². The number of hydrogen-bond acceptors (Lipinski definition) is 5. The fourth-order valence-electron chi connectivity index (χ4n) is 2.85. The van der Waals surface area contributed by atoms with Crippen LogP contribution in [0.5, 0.6) is 11.5 Å². The van der Waals surface area contributed by atoms with Gasteiger partial charge in [-0.3, -0.25) is 4.79 Å². The van der Waals surface area contributed by atoms with Gasteiger partial charge in [0.15, 0.2) is 11.5 Å². The number of rotatable bonds is 10. The highest BCUT2D eigenvalue weighted by Gasteiger charge is 2.24. The van der Waals surface area contributed by atoms with Crippen molar-refractivity contribution in [1.82, 2.24) is 4.72 Å². The van der Waals surface area contributed by atoms with Crippen molar-refractivity contribution < 1.29 is 27.8 Å². The maximum atomic E-state index is 12.8. The summed E-state index contributed by atoms with van der Waals surface area (Å²) in [6.07, 6.45) is 1.41. The molecule has 0 saturated heterocycles. The summed E-state index contributed by atoms with van der Waals surface area (Å²) >= 11 is 0. The van der Waals surface area contributed by atoms with Crippen molar-refractivity contribution >= 4 is 16.0 Å². The lowest BCUT2D eigenvalue weighted by Crippen LogP contribution is -2.30. The normalized spacial score (nSPS) is 12.4. The van der Waals surface area contributed by atoms with Crippen molar-refractivity contribution in [3.63, 3.8) is 0 Å². The largest absolute Gasteiger partial charge is 0.493 e. The molecule has 0 aliphatic heterocycles. The van der Waals surface area contributed by atoms with Gasteiger partial charge >= 0.3 is 5.97 Å². The molecule has 0 saturated carbocycles. The maximum absolute atomic E-state index is 12.8. The highest BCUT2D eigenvalue weighted by Crippen LogP contribution is 2.31. The zero-order chi connectivity index (χ0) is 20.7. The van der Waals surface area contributed by atoms with Crippen molar-refractivity contribution in [3.05, 3.63) is 53.6 Å². The van der Waals surface area contributed by atoms with Gasteiger partial charge in [0.05, 0.1) is 31.6 Å². The van der Waals surface area contributed by atoms with Crippen LogP contribution in [0.1, 0.15) is 36.9 Å². The van der Waals surface area contributed by atoms with E-state index in [0.717, 1.165) is 18.4 Å². The van der Waals surface area contributed by atoms with Crippen LogP contribution in [0, 0.1) is 0 Å². The lowest BCUT2D eigenvalue weighted by Gasteiger charge is -2.19. The summed E-state index contributed by atoms with van der Waals surface area (Å²) in [7, 11) is -0.968. The van der Waals surface area contributed by atoms with Gasteiger partial charge in [-0.2, -0.15) is 0 Å². The number of sulfonamides is 1. The number of methoxy groups -OCH3 is 2. The van der Waals surface area contributed by atoms with Crippen LogP contribution >= 0.6 is 0 Å². The molecular weight excluding hydrogens is 382 g/mol. The van der Waals surface area contributed by atoms with Gasteiger partial charge < -0.3 is 14.6 Å². The van der Waals surface area contributed by atoms with Gasteiger partial charge in [0, 0.05) is 0 Å². The Balaban J connectivity index is 2.34. The zero-order valence-electron chi connectivity index (χ0n) is 16.1. The fraction of sp³-hybridized carbons (Fsp3) is 0.350. The zero-order valence-corrected chi connectivity index (χ0v) is 17.0. The van der Waals surface area contributed by atoms with E-state index in [-0.39, 0.29) is 4.90 Å². The van der Waals surface area contributed by atoms with Gasteiger partial charge in [0.25, 0.3) is 0 Å². The van der Waals surface area contributed by atoms with Gasteiger partial charge in [-0.15, -0.1) is 0 Å². The first kappa shape index (κ1) is 21.7. The number of carboxylic acid groups (broad SMARTS) is 1. The molecule has 0 bridgehead atoms. The molecule has 1 atom stereocenters. The Morgan fingerprint density at radius 1 is 1.07 bits per heavy atom. The Morgan fingerprint density at radius 2 is 1.71 bits per heavy atom. The Hall–Kier alpha value is -2.58. The molecule has 0 fully saturated rings. The second kappa shape index (κ2) is 9.57. The topological polar surface area (TPSA) is 102 Å². The minimum Gasteiger partial charge on any atom is -0.493 e. The molecule has 0 spiro atoms. The molecule has 0 heterocycles. The summed E-state index contributed by atoms with van der Waals surface area (Å²) in [5.41, 5.74) is 1.51. The van der Waals surface area contributed by atoms with Gasteiger partial charge in [0.2, 0.25) is 10.0 Å². The summed E-state index contributed by atoms with van der Waals surface area (Å²) < 4.78 is 38.5. The van der Waals surface area contributed by atoms with E-state index in [4.69, 9.17) is 9.47 Å². The first-order valence-electron chi connectivity index (χ1n) is 8.85. The maximum Gasteiger partial charge on any atom is 0.305 e. The third kappa shape index (κ3) is 5.46. The third-order valence-corrected chi connectivity index (χ3v) is 5.75. The number of ether oxygens (including phenoxy) is 2. The molecule has 2 N–H and O–H groups in total. The molecule has 2 aromatic rings. The number of carbonyl (C=O) groups is 1. The van der Waals surface area contributed by atoms with Crippen molar-refractivity contribution in [3.8, 4) is 11.5 Å². The van der Waals surface area contributed by atoms with Crippen molar-refractivity contribution in [2.24, 2.45) is 0 Å². The van der Waals surface area contributed by atoms with E-state index < -0.39 is 28.5 Å². The van der Waals surface area contributed by atoms with Crippen molar-refractivity contribution in [2.45, 2.75) is 37.1 Å². The predicted molar refractivity (Wildman–Crippen MR) is 105 cm³/mol. The number of aliphatic carboxylic acids is 1. The first-order chi connectivity index (χ1) is 13.3. The standard InChI is InChI=1S/C20H25NO6S/c1-4-5-14-6-9-16(10-7-14)28(24,25)21-17(13-20(22)23)15-8-11-18(26-2)19(12-15)27-3/h6-12,17,21H,4-5,13H2,1-3H3,(H,22,23)/t17-/m1/s1. The van der Waals surface area contributed by atoms with Crippen LogP contribution in [0.15, 0.2) is 47.4 Å². The Labute approximate surface area is 165 Å². The van der Waals surface area contributed by atoms with Gasteiger partial charge in [-0.1, -0.05) is 31.5 Å². The lowest BCUT2D eigenvalue weighted by atomic mass is 10.0. The van der Waals surface area contributed by atoms with E-state index in [2.05, 4.69) is 4.72 Å². The molecule has 2 aromatic carbocycles. The van der Waals surface area contributed by atoms with Crippen LogP contribution in [0.3, 0.4) is 0 Å². The molecule has 0 aliphatic carbocycles. The Kier molecular flexibility index (Phi) is 7.42. The van der Waals surface area contributed by atoms with Crippen LogP contribution in [0.4, 0.5) is 0 Å². The minimum absolute atomic E-state index is 0.0863. The minimum atomic E-state index is -3.91. The van der Waals surface area contributed by atoms with E-state index in [1.807, 2.05) is 6.92 Å². The molecule has 7 nitrogen and oxygen atoms in total. The lowest BCUT2D eigenvalue weighted by molar-refractivity contribution is -0.137. The van der Waals surface area contributed by atoms with E-state index in [9.17, 15) is 18.3 Å². The quantitative estimate of drug-likeness (QED) is 0.627. The average Bonchev–Trinajstić information content (AvgIpc) is 2.67. The molecule has 0 unspecified atom stereocenters. The van der Waals surface area contributed by atoms with Crippen LogP contribution < -0.4 is 14.2 Å². The van der Waals surface area contributed by atoms with E-state index in [1.54, 1.807) is 30.3 Å². The monoisotopic (exact) mass is 407 g/mol. The Morgan fingerprint density at radius 3 is 2.25 bits per heavy atom. The number of carboxylic acids is 1. The van der Waals surface area contributed by atoms with Gasteiger partial charge in [0.1, 0.15) is 0 Å². The van der Waals surface area contributed by atoms with E-state index >= 15 is 0 Å². The first-order valence-corrected chi connectivity index (χ1v) is 10.3. The summed E-state index contributed by atoms with van der Waals surface area (Å²) in [6, 6.07) is 10.4. The van der Waals surface area contributed by atoms with Gasteiger partial charge in [-0.25, -0.2) is 13.1 Å².